The normalized spacial score (nSPS) is 10.9. The van der Waals surface area contributed by atoms with Gasteiger partial charge in [0.1, 0.15) is 5.39 Å². The molecule has 2 heterocycles. The molecular weight excluding hydrogens is 241 g/mol. The summed E-state index contributed by atoms with van der Waals surface area (Å²) in [4.78, 5) is 28.7. The van der Waals surface area contributed by atoms with E-state index in [-0.39, 0.29) is 21.1 Å². The minimum atomic E-state index is -0.590. The van der Waals surface area contributed by atoms with E-state index in [1.807, 2.05) is 0 Å². The van der Waals surface area contributed by atoms with Gasteiger partial charge in [0.05, 0.1) is 10.0 Å². The zero-order chi connectivity index (χ0) is 11.2. The Morgan fingerprint density at radius 1 is 1.40 bits per heavy atom. The van der Waals surface area contributed by atoms with Crippen LogP contribution in [0.5, 0.6) is 0 Å². The third-order valence-corrected chi connectivity index (χ3v) is 2.80. The molecule has 78 valence electrons. The number of nitrogens with one attached hydrogen (secondary N) is 1. The van der Waals surface area contributed by atoms with E-state index in [0.717, 1.165) is 0 Å². The summed E-state index contributed by atoms with van der Waals surface area (Å²) in [6.07, 6.45) is 1.30. The van der Waals surface area contributed by atoms with E-state index in [1.165, 1.54) is 17.8 Å². The third-order valence-electron chi connectivity index (χ3n) is 2.02. The maximum atomic E-state index is 11.5. The van der Waals surface area contributed by atoms with Gasteiger partial charge in [0.25, 0.3) is 5.56 Å². The molecule has 0 aliphatic carbocycles. The predicted octanol–water partition coefficient (Wildman–Crippen LogP) is 0.929. The summed E-state index contributed by atoms with van der Waals surface area (Å²) in [5, 5.41) is 0.387. The highest BCUT2D eigenvalue weighted by Gasteiger charge is 2.12. The van der Waals surface area contributed by atoms with Gasteiger partial charge in [0, 0.05) is 13.2 Å². The molecule has 1 N–H and O–H groups in total. The fourth-order valence-electron chi connectivity index (χ4n) is 1.25. The lowest BCUT2D eigenvalue weighted by Crippen LogP contribution is -2.29. The second kappa shape index (κ2) is 3.36. The summed E-state index contributed by atoms with van der Waals surface area (Å²) in [7, 11) is 1.48. The molecule has 0 atom stereocenters. The number of hydrogen-bond acceptors (Lipinski definition) is 3. The topological polar surface area (TPSA) is 67.8 Å². The van der Waals surface area contributed by atoms with E-state index in [1.54, 1.807) is 0 Å². The number of nitrogens with zero attached hydrogens (tertiary/aromatic N) is 2. The summed E-state index contributed by atoms with van der Waals surface area (Å²) < 4.78 is 1.19. The molecule has 0 radical (unpaired) electrons. The zero-order valence-electron chi connectivity index (χ0n) is 7.54. The highest BCUT2D eigenvalue weighted by molar-refractivity contribution is 6.44. The molecule has 7 heteroatoms. The number of aromatic nitrogens is 3. The Balaban J connectivity index is 3.17. The van der Waals surface area contributed by atoms with Crippen molar-refractivity contribution in [3.63, 3.8) is 0 Å². The smallest absolute Gasteiger partial charge is 0.281 e. The number of aromatic amines is 1. The lowest BCUT2D eigenvalue weighted by molar-refractivity contribution is 0.829. The van der Waals surface area contributed by atoms with Crippen molar-refractivity contribution < 1.29 is 0 Å². The summed E-state index contributed by atoms with van der Waals surface area (Å²) in [5.41, 5.74) is -0.926. The molecule has 2 aromatic heterocycles. The Hall–Kier alpha value is -1.33. The highest BCUT2D eigenvalue weighted by Crippen LogP contribution is 2.25. The summed E-state index contributed by atoms with van der Waals surface area (Å²) in [6, 6.07) is 0. The van der Waals surface area contributed by atoms with Crippen LogP contribution in [0.3, 0.4) is 0 Å². The Morgan fingerprint density at radius 2 is 2.07 bits per heavy atom. The molecule has 0 bridgehead atoms. The van der Waals surface area contributed by atoms with Crippen molar-refractivity contribution in [3.05, 3.63) is 37.1 Å². The van der Waals surface area contributed by atoms with Crippen molar-refractivity contribution in [1.82, 2.24) is 14.5 Å². The SMILES string of the molecule is Cn1c(=O)[nH]c(=O)c2c(Cl)c(Cl)cnc21. The number of hydrogen-bond donors (Lipinski definition) is 1. The molecule has 0 unspecified atom stereocenters. The van der Waals surface area contributed by atoms with Crippen molar-refractivity contribution >= 4 is 34.2 Å². The molecule has 0 aliphatic rings. The van der Waals surface area contributed by atoms with E-state index in [9.17, 15) is 9.59 Å². The molecule has 0 amide bonds. The number of fused-ring (bicyclic) bond motifs is 1. The fourth-order valence-corrected chi connectivity index (χ4v) is 1.61. The van der Waals surface area contributed by atoms with Crippen LogP contribution in [0.4, 0.5) is 0 Å². The van der Waals surface area contributed by atoms with E-state index in [0.29, 0.717) is 0 Å². The molecule has 0 spiro atoms. The van der Waals surface area contributed by atoms with Crippen LogP contribution in [0.2, 0.25) is 10.0 Å². The van der Waals surface area contributed by atoms with Gasteiger partial charge in [-0.05, 0) is 0 Å². The fraction of sp³-hybridized carbons (Fsp3) is 0.125. The molecule has 0 aliphatic heterocycles. The predicted molar refractivity (Wildman–Crippen MR) is 57.6 cm³/mol. The largest absolute Gasteiger partial charge is 0.329 e. The monoisotopic (exact) mass is 245 g/mol. The third kappa shape index (κ3) is 1.44. The van der Waals surface area contributed by atoms with Gasteiger partial charge in [-0.3, -0.25) is 14.3 Å². The van der Waals surface area contributed by atoms with Crippen molar-refractivity contribution in [3.8, 4) is 0 Å². The molecular formula is C8H5Cl2N3O2. The van der Waals surface area contributed by atoms with Crippen LogP contribution in [0.1, 0.15) is 0 Å². The number of pyridine rings is 1. The minimum absolute atomic E-state index is 0.0958. The van der Waals surface area contributed by atoms with Crippen LogP contribution in [-0.2, 0) is 7.05 Å². The zero-order valence-corrected chi connectivity index (χ0v) is 9.06. The van der Waals surface area contributed by atoms with Crippen molar-refractivity contribution in [2.24, 2.45) is 7.05 Å². The first-order chi connectivity index (χ1) is 7.02. The highest BCUT2D eigenvalue weighted by atomic mass is 35.5. The first-order valence-electron chi connectivity index (χ1n) is 3.95. The Bertz CT molecular complexity index is 659. The summed E-state index contributed by atoms with van der Waals surface area (Å²) in [5.74, 6) is 0. The van der Waals surface area contributed by atoms with Crippen LogP contribution < -0.4 is 11.2 Å². The first-order valence-corrected chi connectivity index (χ1v) is 4.71. The average Bonchev–Trinajstić information content (AvgIpc) is 2.18. The maximum absolute atomic E-state index is 11.5. The van der Waals surface area contributed by atoms with Gasteiger partial charge in [0.15, 0.2) is 5.65 Å². The maximum Gasteiger partial charge on any atom is 0.329 e. The Kier molecular flexibility index (Phi) is 2.28. The molecule has 2 rings (SSSR count). The number of halogens is 2. The molecule has 0 fully saturated rings. The van der Waals surface area contributed by atoms with Gasteiger partial charge in [-0.1, -0.05) is 23.2 Å². The van der Waals surface area contributed by atoms with E-state index in [4.69, 9.17) is 23.2 Å². The summed E-state index contributed by atoms with van der Waals surface area (Å²) >= 11 is 11.6. The quantitative estimate of drug-likeness (QED) is 0.751. The molecule has 5 nitrogen and oxygen atoms in total. The van der Waals surface area contributed by atoms with Crippen LogP contribution in [0, 0.1) is 0 Å². The molecule has 0 saturated heterocycles. The van der Waals surface area contributed by atoms with E-state index >= 15 is 0 Å². The van der Waals surface area contributed by atoms with E-state index < -0.39 is 11.2 Å². The molecule has 15 heavy (non-hydrogen) atoms. The van der Waals surface area contributed by atoms with Gasteiger partial charge in [-0.25, -0.2) is 9.78 Å². The standard InChI is InChI=1S/C8H5Cl2N3O2/c1-13-6-4(7(14)12-8(13)15)5(10)3(9)2-11-6/h2H,1H3,(H,12,14,15). The van der Waals surface area contributed by atoms with Crippen molar-refractivity contribution in [2.75, 3.05) is 0 Å². The summed E-state index contributed by atoms with van der Waals surface area (Å²) in [6.45, 7) is 0. The van der Waals surface area contributed by atoms with Gasteiger partial charge in [-0.2, -0.15) is 0 Å². The molecule has 0 aromatic carbocycles. The lowest BCUT2D eigenvalue weighted by Gasteiger charge is -2.04. The van der Waals surface area contributed by atoms with Crippen LogP contribution >= 0.6 is 23.2 Å². The van der Waals surface area contributed by atoms with Crippen LogP contribution in [-0.4, -0.2) is 14.5 Å². The second-order valence-corrected chi connectivity index (χ2v) is 3.72. The van der Waals surface area contributed by atoms with Gasteiger partial charge in [-0.15, -0.1) is 0 Å². The lowest BCUT2D eigenvalue weighted by atomic mass is 10.3. The van der Waals surface area contributed by atoms with Gasteiger partial charge < -0.3 is 0 Å². The second-order valence-electron chi connectivity index (χ2n) is 2.94. The van der Waals surface area contributed by atoms with E-state index in [2.05, 4.69) is 9.97 Å². The average molecular weight is 246 g/mol. The Labute approximate surface area is 93.3 Å². The Morgan fingerprint density at radius 3 is 2.73 bits per heavy atom. The number of rotatable bonds is 0. The minimum Gasteiger partial charge on any atom is -0.281 e. The number of aryl methyl sites for hydroxylation is 1. The van der Waals surface area contributed by atoms with Crippen molar-refractivity contribution in [2.45, 2.75) is 0 Å². The first kappa shape index (κ1) is 10.2. The molecule has 0 saturated carbocycles. The number of H-pyrrole nitrogens is 1. The van der Waals surface area contributed by atoms with Crippen molar-refractivity contribution in [1.29, 1.82) is 0 Å². The van der Waals surface area contributed by atoms with Crippen LogP contribution in [0.15, 0.2) is 15.8 Å². The molecule has 2 aromatic rings. The van der Waals surface area contributed by atoms with Crippen LogP contribution in [0.25, 0.3) is 11.0 Å². The van der Waals surface area contributed by atoms with Gasteiger partial charge in [0.2, 0.25) is 0 Å². The van der Waals surface area contributed by atoms with Gasteiger partial charge >= 0.3 is 5.69 Å².